The minimum atomic E-state index is -0.0417. The third-order valence-electron chi connectivity index (χ3n) is 11.2. The third-order valence-corrected chi connectivity index (χ3v) is 11.2. The molecule has 1 aromatic heterocycles. The lowest BCUT2D eigenvalue weighted by molar-refractivity contribution is 0.669. The van der Waals surface area contributed by atoms with Gasteiger partial charge < -0.3 is 4.42 Å². The largest absolute Gasteiger partial charge is 0.456 e. The lowest BCUT2D eigenvalue weighted by Crippen LogP contribution is -2.53. The van der Waals surface area contributed by atoms with Crippen LogP contribution in [0.5, 0.6) is 0 Å². The first-order chi connectivity index (χ1) is 26.6. The van der Waals surface area contributed by atoms with E-state index >= 15 is 0 Å². The van der Waals surface area contributed by atoms with Gasteiger partial charge in [0, 0.05) is 10.8 Å². The van der Waals surface area contributed by atoms with E-state index in [2.05, 4.69) is 6.07 Å². The fraction of sp³-hybridized carbons (Fsp3) is 0. The van der Waals surface area contributed by atoms with Crippen molar-refractivity contribution in [1.29, 1.82) is 0 Å². The zero-order chi connectivity index (χ0) is 40.0. The summed E-state index contributed by atoms with van der Waals surface area (Å²) in [5.41, 5.74) is 2.79. The Bertz CT molecular complexity index is 3220. The van der Waals surface area contributed by atoms with E-state index in [1.165, 1.54) is 0 Å². The van der Waals surface area contributed by atoms with Crippen LogP contribution in [0.4, 0.5) is 0 Å². The molecule has 30 radical (unpaired) electrons. The number of benzene rings is 8. The molecule has 0 fully saturated rings. The number of hydrogen-bond donors (Lipinski definition) is 0. The molecule has 0 aliphatic carbocycles. The van der Waals surface area contributed by atoms with Crippen molar-refractivity contribution in [1.82, 2.24) is 0 Å². The summed E-state index contributed by atoms with van der Waals surface area (Å²) in [4.78, 5) is 0. The summed E-state index contributed by atoms with van der Waals surface area (Å²) in [6.45, 7) is 0. The maximum Gasteiger partial charge on any atom is 0.136 e. The van der Waals surface area contributed by atoms with Gasteiger partial charge in [-0.2, -0.15) is 0 Å². The first kappa shape index (κ1) is 37.2. The average molecular weight is 668 g/mol. The Balaban J connectivity index is 1.65. The normalized spacial score (nSPS) is 11.9. The quantitative estimate of drug-likeness (QED) is 0.132. The molecular weight excluding hydrogens is 659 g/mol. The van der Waals surface area contributed by atoms with E-state index in [1.54, 1.807) is 0 Å². The number of fused-ring (bicyclic) bond motifs is 7. The first-order valence-corrected chi connectivity index (χ1v) is 17.2. The summed E-state index contributed by atoms with van der Waals surface area (Å²) in [5, 5.41) is 5.08. The Morgan fingerprint density at radius 3 is 1.16 bits per heavy atom. The lowest BCUT2D eigenvalue weighted by atomic mass is 9.56. The second kappa shape index (κ2) is 12.8. The standard InChI is InChI=1S/C40H9B15O/c41-26-19-17(12-6-3-7-14-16(12)13-8-10-4-1-2-5-11(10)9-15(13)56-14)20-22(30(45)38(53)36(51)27(20)42)18(21(19)29(44)37(52)35(26)50)23-24-25(32(47)34(49)28(23)43)33(48)40(55)39(54)31(24)46/h1-9H. The Labute approximate surface area is 344 Å². The molecule has 9 rings (SSSR count). The van der Waals surface area contributed by atoms with Crippen LogP contribution < -0.4 is 81.9 Å². The van der Waals surface area contributed by atoms with E-state index in [1.807, 2.05) is 48.5 Å². The molecule has 0 amide bonds. The lowest BCUT2D eigenvalue weighted by Gasteiger charge is -2.31. The molecule has 0 spiro atoms. The van der Waals surface area contributed by atoms with Crippen LogP contribution in [0.2, 0.25) is 0 Å². The average Bonchev–Trinajstić information content (AvgIpc) is 3.56. The van der Waals surface area contributed by atoms with Gasteiger partial charge in [-0.15, -0.1) is 38.2 Å². The summed E-state index contributed by atoms with van der Waals surface area (Å²) in [7, 11) is 101. The van der Waals surface area contributed by atoms with Gasteiger partial charge in [0.2, 0.25) is 0 Å². The molecule has 0 saturated heterocycles. The number of hydrogen-bond acceptors (Lipinski definition) is 1. The molecule has 0 bridgehead atoms. The van der Waals surface area contributed by atoms with Crippen LogP contribution in [0.15, 0.2) is 59.0 Å². The van der Waals surface area contributed by atoms with Gasteiger partial charge in [0.15, 0.2) is 0 Å². The fourth-order valence-corrected chi connectivity index (χ4v) is 8.36. The summed E-state index contributed by atoms with van der Waals surface area (Å²) in [5.74, 6) is 0. The highest BCUT2D eigenvalue weighted by molar-refractivity contribution is 6.75. The van der Waals surface area contributed by atoms with Crippen LogP contribution in [0.3, 0.4) is 0 Å². The van der Waals surface area contributed by atoms with Gasteiger partial charge in [-0.1, -0.05) is 80.1 Å². The molecule has 0 saturated carbocycles. The van der Waals surface area contributed by atoms with Crippen molar-refractivity contribution >= 4 is 265 Å². The van der Waals surface area contributed by atoms with E-state index in [4.69, 9.17) is 122 Å². The summed E-state index contributed by atoms with van der Waals surface area (Å²) < 4.78 is 6.48. The molecule has 16 heteroatoms. The molecule has 1 heterocycles. The third kappa shape index (κ3) is 4.77. The van der Waals surface area contributed by atoms with Gasteiger partial charge in [-0.05, 0) is 83.5 Å². The van der Waals surface area contributed by atoms with Gasteiger partial charge >= 0.3 is 0 Å². The Morgan fingerprint density at radius 2 is 0.679 bits per heavy atom. The van der Waals surface area contributed by atoms with Crippen molar-refractivity contribution < 1.29 is 4.42 Å². The summed E-state index contributed by atoms with van der Waals surface area (Å²) >= 11 is 0. The molecule has 0 aliphatic heterocycles. The van der Waals surface area contributed by atoms with Crippen LogP contribution in [0, 0.1) is 0 Å². The molecule has 9 aromatic rings. The van der Waals surface area contributed by atoms with Gasteiger partial charge in [0.1, 0.15) is 129 Å². The van der Waals surface area contributed by atoms with Crippen LogP contribution in [0.1, 0.15) is 0 Å². The molecule has 1 nitrogen and oxygen atoms in total. The van der Waals surface area contributed by atoms with Crippen LogP contribution in [0.25, 0.3) is 87.3 Å². The topological polar surface area (TPSA) is 13.1 Å². The predicted octanol–water partition coefficient (Wildman–Crippen LogP) is -6.56. The number of rotatable bonds is 2. The van der Waals surface area contributed by atoms with E-state index in [0.717, 1.165) is 21.5 Å². The highest BCUT2D eigenvalue weighted by Crippen LogP contribution is 2.45. The molecule has 8 aromatic carbocycles. The highest BCUT2D eigenvalue weighted by atomic mass is 16.3. The van der Waals surface area contributed by atoms with Crippen LogP contribution >= 0.6 is 0 Å². The predicted molar refractivity (Wildman–Crippen MR) is 255 cm³/mol. The van der Waals surface area contributed by atoms with Gasteiger partial charge in [-0.25, -0.2) is 0 Å². The summed E-state index contributed by atoms with van der Waals surface area (Å²) in [6.07, 6.45) is 0. The second-order valence-corrected chi connectivity index (χ2v) is 14.1. The molecule has 0 N–H and O–H groups in total. The molecule has 0 aliphatic rings. The van der Waals surface area contributed by atoms with E-state index in [-0.39, 0.29) is 115 Å². The Hall–Kier alpha value is -4.43. The minimum Gasteiger partial charge on any atom is -0.456 e. The van der Waals surface area contributed by atoms with Crippen molar-refractivity contribution in [3.8, 4) is 22.3 Å². The second-order valence-electron chi connectivity index (χ2n) is 14.1. The molecule has 56 heavy (non-hydrogen) atoms. The Kier molecular flexibility index (Phi) is 8.49. The molecule has 0 atom stereocenters. The molecule has 220 valence electrons. The van der Waals surface area contributed by atoms with E-state index in [9.17, 15) is 0 Å². The van der Waals surface area contributed by atoms with Crippen molar-refractivity contribution in [3.63, 3.8) is 0 Å². The van der Waals surface area contributed by atoms with E-state index < -0.39 is 0 Å². The van der Waals surface area contributed by atoms with E-state index in [0.29, 0.717) is 33.1 Å². The monoisotopic (exact) mass is 670 g/mol. The Morgan fingerprint density at radius 1 is 0.286 bits per heavy atom. The van der Waals surface area contributed by atoms with Gasteiger partial charge in [0.05, 0.1) is 0 Å². The smallest absolute Gasteiger partial charge is 0.136 e. The maximum atomic E-state index is 7.06. The van der Waals surface area contributed by atoms with Crippen molar-refractivity contribution in [2.45, 2.75) is 0 Å². The minimum absolute atomic E-state index is 0.00254. The molecular formula is C40H9B15O. The first-order valence-electron chi connectivity index (χ1n) is 17.2. The number of furan rings is 1. The van der Waals surface area contributed by atoms with Crippen molar-refractivity contribution in [3.05, 3.63) is 54.6 Å². The maximum absolute atomic E-state index is 7.06. The fourth-order valence-electron chi connectivity index (χ4n) is 8.36. The zero-order valence-electron chi connectivity index (χ0n) is 29.8. The van der Waals surface area contributed by atoms with Crippen LogP contribution in [-0.2, 0) is 0 Å². The zero-order valence-corrected chi connectivity index (χ0v) is 29.8. The summed E-state index contributed by atoms with van der Waals surface area (Å²) in [6, 6.07) is 17.6. The highest BCUT2D eigenvalue weighted by Gasteiger charge is 2.29. The van der Waals surface area contributed by atoms with Crippen LogP contribution in [-0.4, -0.2) is 118 Å². The molecule has 0 unspecified atom stereocenters. The van der Waals surface area contributed by atoms with Crippen molar-refractivity contribution in [2.75, 3.05) is 0 Å². The van der Waals surface area contributed by atoms with Gasteiger partial charge in [-0.3, -0.25) is 0 Å². The van der Waals surface area contributed by atoms with Crippen molar-refractivity contribution in [2.24, 2.45) is 0 Å². The SMILES string of the molecule is [B]c1c([B])c([B])c2c(-c3c4c([B])c([B])c([B])c([B])c4c(-c4cccc5oc6cc7ccccc7cc6c45)c4c([B])c([B])c([B])c([B])c34)c([B])c([B])c([B])c2c1[B]. The van der Waals surface area contributed by atoms with Gasteiger partial charge in [0.25, 0.3) is 0 Å².